The highest BCUT2D eigenvalue weighted by Crippen LogP contribution is 2.44. The lowest BCUT2D eigenvalue weighted by atomic mass is 9.86. The highest BCUT2D eigenvalue weighted by molar-refractivity contribution is 6.18. The standard InChI is InChI=1S/C48H33NO/c1-2-19-36(20-3-1)49(46-26-12-16-33-14-5-7-22-40(33)46)37-27-28-42-45-31-44(41-23-8-9-24-43(41)48(45)50-47(42)30-37)35-18-10-17-34(29-35)39-25-11-15-32-13-4-6-21-38(32)39/h1-9,11-17,19-31H,10,18H2. The van der Waals surface area contributed by atoms with Gasteiger partial charge in [-0.05, 0) is 93.1 Å². The maximum atomic E-state index is 6.84. The van der Waals surface area contributed by atoms with Crippen LogP contribution in [0, 0.1) is 0 Å². The van der Waals surface area contributed by atoms with E-state index >= 15 is 0 Å². The van der Waals surface area contributed by atoms with Crippen molar-refractivity contribution in [3.05, 3.63) is 187 Å². The van der Waals surface area contributed by atoms with E-state index in [0.717, 1.165) is 57.2 Å². The summed E-state index contributed by atoms with van der Waals surface area (Å²) < 4.78 is 6.84. The Balaban J connectivity index is 1.15. The molecule has 0 atom stereocenters. The number of rotatable bonds is 5. The number of para-hydroxylation sites is 1. The van der Waals surface area contributed by atoms with Crippen molar-refractivity contribution in [2.24, 2.45) is 0 Å². The Hall–Kier alpha value is -6.38. The zero-order chi connectivity index (χ0) is 33.0. The molecule has 2 nitrogen and oxygen atoms in total. The third-order valence-electron chi connectivity index (χ3n) is 10.3. The molecule has 8 aromatic carbocycles. The molecule has 1 aliphatic carbocycles. The first kappa shape index (κ1) is 28.6. The minimum absolute atomic E-state index is 0.884. The van der Waals surface area contributed by atoms with Crippen LogP contribution in [0.2, 0.25) is 0 Å². The van der Waals surface area contributed by atoms with Gasteiger partial charge >= 0.3 is 0 Å². The predicted molar refractivity (Wildman–Crippen MR) is 213 cm³/mol. The van der Waals surface area contributed by atoms with E-state index in [9.17, 15) is 0 Å². The zero-order valence-electron chi connectivity index (χ0n) is 27.5. The third-order valence-corrected chi connectivity index (χ3v) is 10.3. The lowest BCUT2D eigenvalue weighted by molar-refractivity contribution is 0.672. The number of hydrogen-bond acceptors (Lipinski definition) is 2. The lowest BCUT2D eigenvalue weighted by Crippen LogP contribution is -2.10. The first-order valence-corrected chi connectivity index (χ1v) is 17.4. The van der Waals surface area contributed by atoms with Gasteiger partial charge in [-0.2, -0.15) is 0 Å². The van der Waals surface area contributed by atoms with E-state index in [1.54, 1.807) is 0 Å². The lowest BCUT2D eigenvalue weighted by Gasteiger charge is -2.26. The molecule has 10 rings (SSSR count). The van der Waals surface area contributed by atoms with Crippen LogP contribution in [0.3, 0.4) is 0 Å². The fraction of sp³-hybridized carbons (Fsp3) is 0.0417. The van der Waals surface area contributed by atoms with E-state index in [2.05, 4.69) is 181 Å². The summed E-state index contributed by atoms with van der Waals surface area (Å²) in [6, 6.07) is 58.8. The van der Waals surface area contributed by atoms with Gasteiger partial charge in [0, 0.05) is 39.0 Å². The van der Waals surface area contributed by atoms with E-state index in [0.29, 0.717) is 0 Å². The van der Waals surface area contributed by atoms with Crippen LogP contribution < -0.4 is 4.90 Å². The van der Waals surface area contributed by atoms with Gasteiger partial charge in [0.2, 0.25) is 0 Å². The maximum Gasteiger partial charge on any atom is 0.143 e. The molecule has 0 radical (unpaired) electrons. The number of benzene rings is 8. The van der Waals surface area contributed by atoms with Crippen LogP contribution in [-0.4, -0.2) is 0 Å². The Morgan fingerprint density at radius 2 is 1.14 bits per heavy atom. The normalized spacial score (nSPS) is 13.3. The van der Waals surface area contributed by atoms with Crippen molar-refractivity contribution in [2.75, 3.05) is 4.90 Å². The van der Waals surface area contributed by atoms with Gasteiger partial charge in [0.15, 0.2) is 0 Å². The van der Waals surface area contributed by atoms with Gasteiger partial charge in [0.1, 0.15) is 11.2 Å². The molecule has 2 heteroatoms. The summed E-state index contributed by atoms with van der Waals surface area (Å²) in [5, 5.41) is 9.64. The molecule has 1 aliphatic rings. The van der Waals surface area contributed by atoms with Gasteiger partial charge in [-0.1, -0.05) is 133 Å². The summed E-state index contributed by atoms with van der Waals surface area (Å²) in [6.45, 7) is 0. The molecule has 236 valence electrons. The smallest absolute Gasteiger partial charge is 0.143 e. The van der Waals surface area contributed by atoms with Crippen LogP contribution in [0.4, 0.5) is 17.1 Å². The molecule has 0 amide bonds. The molecule has 0 saturated carbocycles. The maximum absolute atomic E-state index is 6.84. The molecule has 0 saturated heterocycles. The van der Waals surface area contributed by atoms with Crippen LogP contribution in [0.1, 0.15) is 24.0 Å². The van der Waals surface area contributed by atoms with Crippen LogP contribution in [0.5, 0.6) is 0 Å². The van der Waals surface area contributed by atoms with Crippen molar-refractivity contribution in [1.82, 2.24) is 0 Å². The SMILES string of the molecule is C1=C(c2cccc3ccccc23)C=C(c2cc3c4ccc(N(c5ccccc5)c5cccc6ccccc56)cc4oc3c3ccccc23)CC1. The van der Waals surface area contributed by atoms with Gasteiger partial charge in [0.25, 0.3) is 0 Å². The quantitative estimate of drug-likeness (QED) is 0.186. The van der Waals surface area contributed by atoms with Gasteiger partial charge in [-0.15, -0.1) is 0 Å². The largest absolute Gasteiger partial charge is 0.455 e. The van der Waals surface area contributed by atoms with E-state index < -0.39 is 0 Å². The second-order valence-corrected chi connectivity index (χ2v) is 13.2. The number of nitrogens with zero attached hydrogens (tertiary/aromatic N) is 1. The van der Waals surface area contributed by atoms with Gasteiger partial charge in [-0.25, -0.2) is 0 Å². The van der Waals surface area contributed by atoms with Crippen molar-refractivity contribution in [3.63, 3.8) is 0 Å². The van der Waals surface area contributed by atoms with Crippen LogP contribution >= 0.6 is 0 Å². The summed E-state index contributed by atoms with van der Waals surface area (Å²) in [7, 11) is 0. The zero-order valence-corrected chi connectivity index (χ0v) is 27.5. The Bertz CT molecular complexity index is 2810. The average Bonchev–Trinajstić information content (AvgIpc) is 3.56. The third kappa shape index (κ3) is 4.64. The highest BCUT2D eigenvalue weighted by atomic mass is 16.3. The molecule has 50 heavy (non-hydrogen) atoms. The molecular weight excluding hydrogens is 607 g/mol. The summed E-state index contributed by atoms with van der Waals surface area (Å²) in [5.41, 5.74) is 10.4. The van der Waals surface area contributed by atoms with Gasteiger partial charge in [0.05, 0.1) is 5.69 Å². The number of furan rings is 1. The van der Waals surface area contributed by atoms with Gasteiger partial charge < -0.3 is 9.32 Å². The molecule has 0 bridgehead atoms. The summed E-state index contributed by atoms with van der Waals surface area (Å²) in [5.74, 6) is 0. The molecule has 0 spiro atoms. The van der Waals surface area contributed by atoms with E-state index in [-0.39, 0.29) is 0 Å². The Kier molecular flexibility index (Phi) is 6.67. The minimum atomic E-state index is 0.884. The monoisotopic (exact) mass is 639 g/mol. The Labute approximate surface area is 290 Å². The van der Waals surface area contributed by atoms with Gasteiger partial charge in [-0.3, -0.25) is 0 Å². The molecule has 0 fully saturated rings. The molecule has 0 aliphatic heterocycles. The summed E-state index contributed by atoms with van der Waals surface area (Å²) in [4.78, 5) is 2.34. The number of anilines is 3. The summed E-state index contributed by atoms with van der Waals surface area (Å²) >= 11 is 0. The fourth-order valence-electron chi connectivity index (χ4n) is 7.98. The van der Waals surface area contributed by atoms with Crippen LogP contribution in [-0.2, 0) is 0 Å². The first-order valence-electron chi connectivity index (χ1n) is 17.4. The topological polar surface area (TPSA) is 16.4 Å². The van der Waals surface area contributed by atoms with Crippen molar-refractivity contribution in [3.8, 4) is 0 Å². The van der Waals surface area contributed by atoms with Crippen molar-refractivity contribution in [1.29, 1.82) is 0 Å². The van der Waals surface area contributed by atoms with E-state index in [1.165, 1.54) is 49.2 Å². The molecule has 0 unspecified atom stereocenters. The second kappa shape index (κ2) is 11.6. The number of hydrogen-bond donors (Lipinski definition) is 0. The van der Waals surface area contributed by atoms with Crippen LogP contribution in [0.15, 0.2) is 180 Å². The van der Waals surface area contributed by atoms with E-state index in [4.69, 9.17) is 4.42 Å². The number of allylic oxidation sites excluding steroid dienone is 4. The Morgan fingerprint density at radius 3 is 1.98 bits per heavy atom. The molecular formula is C48H33NO. The van der Waals surface area contributed by atoms with Crippen molar-refractivity contribution < 1.29 is 4.42 Å². The molecule has 0 N–H and O–H groups in total. The van der Waals surface area contributed by atoms with Crippen LogP contribution in [0.25, 0.3) is 65.4 Å². The van der Waals surface area contributed by atoms with Crippen molar-refractivity contribution >= 4 is 82.5 Å². The van der Waals surface area contributed by atoms with E-state index in [1.807, 2.05) is 0 Å². The highest BCUT2D eigenvalue weighted by Gasteiger charge is 2.21. The molecule has 1 aromatic heterocycles. The number of fused-ring (bicyclic) bond motifs is 7. The molecule has 1 heterocycles. The molecule has 9 aromatic rings. The summed E-state index contributed by atoms with van der Waals surface area (Å²) in [6.07, 6.45) is 6.83. The fourth-order valence-corrected chi connectivity index (χ4v) is 7.98. The Morgan fingerprint density at radius 1 is 0.460 bits per heavy atom. The van der Waals surface area contributed by atoms with Crippen molar-refractivity contribution in [2.45, 2.75) is 12.8 Å². The predicted octanol–water partition coefficient (Wildman–Crippen LogP) is 13.8. The minimum Gasteiger partial charge on any atom is -0.455 e. The first-order chi connectivity index (χ1) is 24.8. The average molecular weight is 640 g/mol. The second-order valence-electron chi connectivity index (χ2n) is 13.2.